The molecule has 0 heterocycles. The first kappa shape index (κ1) is 17.4. The van der Waals surface area contributed by atoms with E-state index in [-0.39, 0.29) is 29.9 Å². The van der Waals surface area contributed by atoms with Gasteiger partial charge in [0, 0.05) is 32.4 Å². The number of carbonyl (C=O) groups excluding carboxylic acids is 1. The SMILES string of the molecule is COCCN(CC(=O)c1ccc(O)c(O)c1)C(C)COC. The van der Waals surface area contributed by atoms with Gasteiger partial charge in [0.2, 0.25) is 0 Å². The molecule has 1 rings (SSSR count). The summed E-state index contributed by atoms with van der Waals surface area (Å²) in [5, 5.41) is 18.7. The van der Waals surface area contributed by atoms with E-state index in [9.17, 15) is 15.0 Å². The lowest BCUT2D eigenvalue weighted by Gasteiger charge is -2.27. The van der Waals surface area contributed by atoms with E-state index in [1.165, 1.54) is 18.2 Å². The van der Waals surface area contributed by atoms with E-state index in [1.54, 1.807) is 14.2 Å². The number of methoxy groups -OCH3 is 2. The number of hydrogen-bond acceptors (Lipinski definition) is 6. The number of benzene rings is 1. The van der Waals surface area contributed by atoms with Crippen molar-refractivity contribution in [2.24, 2.45) is 0 Å². The molecule has 2 N–H and O–H groups in total. The summed E-state index contributed by atoms with van der Waals surface area (Å²) in [4.78, 5) is 14.2. The number of phenols is 2. The van der Waals surface area contributed by atoms with Crippen LogP contribution in [-0.4, -0.2) is 67.5 Å². The second-order valence-corrected chi connectivity index (χ2v) is 4.89. The van der Waals surface area contributed by atoms with Crippen molar-refractivity contribution in [2.75, 3.05) is 40.5 Å². The standard InChI is InChI=1S/C15H23NO5/c1-11(10-21-3)16(6-7-20-2)9-15(19)12-4-5-13(17)14(18)8-12/h4-5,8,11,17-18H,6-7,9-10H2,1-3H3. The number of phenolic OH excluding ortho intramolecular Hbond substituents is 2. The van der Waals surface area contributed by atoms with E-state index in [2.05, 4.69) is 0 Å². The molecule has 21 heavy (non-hydrogen) atoms. The first-order valence-corrected chi connectivity index (χ1v) is 6.76. The monoisotopic (exact) mass is 297 g/mol. The molecule has 6 heteroatoms. The van der Waals surface area contributed by atoms with Crippen molar-refractivity contribution in [1.29, 1.82) is 0 Å². The molecule has 1 unspecified atom stereocenters. The van der Waals surface area contributed by atoms with E-state index >= 15 is 0 Å². The molecule has 0 saturated heterocycles. The highest BCUT2D eigenvalue weighted by atomic mass is 16.5. The molecular formula is C15H23NO5. The molecule has 0 aromatic heterocycles. The Hall–Kier alpha value is -1.63. The number of rotatable bonds is 9. The smallest absolute Gasteiger partial charge is 0.176 e. The van der Waals surface area contributed by atoms with Crippen LogP contribution in [0.2, 0.25) is 0 Å². The van der Waals surface area contributed by atoms with Crippen LogP contribution in [0.5, 0.6) is 11.5 Å². The fourth-order valence-electron chi connectivity index (χ4n) is 1.98. The van der Waals surface area contributed by atoms with Crippen LogP contribution in [0.1, 0.15) is 17.3 Å². The van der Waals surface area contributed by atoms with Crippen LogP contribution in [0, 0.1) is 0 Å². The predicted octanol–water partition coefficient (Wildman–Crippen LogP) is 1.26. The number of aromatic hydroxyl groups is 2. The molecule has 0 amide bonds. The summed E-state index contributed by atoms with van der Waals surface area (Å²) in [6.45, 7) is 3.80. The van der Waals surface area contributed by atoms with E-state index in [1.807, 2.05) is 11.8 Å². The summed E-state index contributed by atoms with van der Waals surface area (Å²) in [7, 11) is 3.23. The second-order valence-electron chi connectivity index (χ2n) is 4.89. The normalized spacial score (nSPS) is 12.6. The van der Waals surface area contributed by atoms with Gasteiger partial charge < -0.3 is 19.7 Å². The van der Waals surface area contributed by atoms with Crippen LogP contribution in [0.4, 0.5) is 0 Å². The average molecular weight is 297 g/mol. The fraction of sp³-hybridized carbons (Fsp3) is 0.533. The van der Waals surface area contributed by atoms with Crippen molar-refractivity contribution in [1.82, 2.24) is 4.90 Å². The van der Waals surface area contributed by atoms with Gasteiger partial charge in [0.25, 0.3) is 0 Å². The van der Waals surface area contributed by atoms with Gasteiger partial charge in [-0.05, 0) is 25.1 Å². The number of nitrogens with zero attached hydrogens (tertiary/aromatic N) is 1. The number of Topliss-reactive ketones (excluding diaryl/α,β-unsaturated/α-hetero) is 1. The van der Waals surface area contributed by atoms with Crippen LogP contribution in [0.25, 0.3) is 0 Å². The fourth-order valence-corrected chi connectivity index (χ4v) is 1.98. The quantitative estimate of drug-likeness (QED) is 0.528. The van der Waals surface area contributed by atoms with Crippen LogP contribution in [0.3, 0.4) is 0 Å². The van der Waals surface area contributed by atoms with Crippen molar-refractivity contribution >= 4 is 5.78 Å². The lowest BCUT2D eigenvalue weighted by Crippen LogP contribution is -2.41. The summed E-state index contributed by atoms with van der Waals surface area (Å²) in [5.74, 6) is -0.672. The maximum absolute atomic E-state index is 12.3. The third kappa shape index (κ3) is 5.34. The molecule has 1 atom stereocenters. The maximum Gasteiger partial charge on any atom is 0.176 e. The average Bonchev–Trinajstić information content (AvgIpc) is 2.46. The van der Waals surface area contributed by atoms with Gasteiger partial charge in [-0.3, -0.25) is 9.69 Å². The van der Waals surface area contributed by atoms with Gasteiger partial charge in [-0.1, -0.05) is 0 Å². The van der Waals surface area contributed by atoms with Crippen LogP contribution >= 0.6 is 0 Å². The molecule has 0 radical (unpaired) electrons. The number of ketones is 1. The van der Waals surface area contributed by atoms with Gasteiger partial charge in [-0.25, -0.2) is 0 Å². The molecule has 118 valence electrons. The minimum Gasteiger partial charge on any atom is -0.504 e. The molecule has 0 aliphatic rings. The van der Waals surface area contributed by atoms with Crippen LogP contribution < -0.4 is 0 Å². The zero-order valence-corrected chi connectivity index (χ0v) is 12.7. The first-order valence-electron chi connectivity index (χ1n) is 6.76. The van der Waals surface area contributed by atoms with E-state index in [4.69, 9.17) is 9.47 Å². The molecular weight excluding hydrogens is 274 g/mol. The molecule has 0 spiro atoms. The highest BCUT2D eigenvalue weighted by Crippen LogP contribution is 2.25. The molecule has 0 bridgehead atoms. The third-order valence-corrected chi connectivity index (χ3v) is 3.26. The molecule has 1 aromatic rings. The topological polar surface area (TPSA) is 79.2 Å². The van der Waals surface area contributed by atoms with Crippen molar-refractivity contribution in [3.05, 3.63) is 23.8 Å². The van der Waals surface area contributed by atoms with Gasteiger partial charge in [0.05, 0.1) is 19.8 Å². The van der Waals surface area contributed by atoms with Crippen molar-refractivity contribution in [2.45, 2.75) is 13.0 Å². The minimum atomic E-state index is -0.297. The number of ether oxygens (including phenoxy) is 2. The van der Waals surface area contributed by atoms with E-state index in [0.717, 1.165) is 0 Å². The largest absolute Gasteiger partial charge is 0.504 e. The highest BCUT2D eigenvalue weighted by molar-refractivity contribution is 5.98. The van der Waals surface area contributed by atoms with Gasteiger partial charge in [0.1, 0.15) is 0 Å². The summed E-state index contributed by atoms with van der Waals surface area (Å²) in [5.41, 5.74) is 0.359. The zero-order valence-electron chi connectivity index (χ0n) is 12.7. The third-order valence-electron chi connectivity index (χ3n) is 3.26. The Labute approximate surface area is 124 Å². The Morgan fingerprint density at radius 1 is 1.24 bits per heavy atom. The highest BCUT2D eigenvalue weighted by Gasteiger charge is 2.18. The molecule has 1 aromatic carbocycles. The van der Waals surface area contributed by atoms with E-state index < -0.39 is 0 Å². The van der Waals surface area contributed by atoms with E-state index in [0.29, 0.717) is 25.3 Å². The molecule has 0 aliphatic carbocycles. The Morgan fingerprint density at radius 3 is 2.52 bits per heavy atom. The lowest BCUT2D eigenvalue weighted by atomic mass is 10.1. The van der Waals surface area contributed by atoms with Gasteiger partial charge in [-0.15, -0.1) is 0 Å². The molecule has 0 fully saturated rings. The molecule has 0 saturated carbocycles. The van der Waals surface area contributed by atoms with Gasteiger partial charge in [-0.2, -0.15) is 0 Å². The molecule has 0 aliphatic heterocycles. The summed E-state index contributed by atoms with van der Waals surface area (Å²) in [6, 6.07) is 4.14. The summed E-state index contributed by atoms with van der Waals surface area (Å²) < 4.78 is 10.2. The second kappa shape index (κ2) is 8.61. The van der Waals surface area contributed by atoms with Gasteiger partial charge in [0.15, 0.2) is 17.3 Å². The van der Waals surface area contributed by atoms with Gasteiger partial charge >= 0.3 is 0 Å². The lowest BCUT2D eigenvalue weighted by molar-refractivity contribution is 0.0651. The van der Waals surface area contributed by atoms with Crippen LogP contribution in [0.15, 0.2) is 18.2 Å². The first-order chi connectivity index (χ1) is 9.99. The maximum atomic E-state index is 12.3. The minimum absolute atomic E-state index is 0.0693. The summed E-state index contributed by atoms with van der Waals surface area (Å²) in [6.07, 6.45) is 0. The number of carbonyl (C=O) groups is 1. The van der Waals surface area contributed by atoms with Crippen molar-refractivity contribution < 1.29 is 24.5 Å². The van der Waals surface area contributed by atoms with Crippen molar-refractivity contribution in [3.63, 3.8) is 0 Å². The molecule has 6 nitrogen and oxygen atoms in total. The Balaban J connectivity index is 2.76. The van der Waals surface area contributed by atoms with Crippen molar-refractivity contribution in [3.8, 4) is 11.5 Å². The number of hydrogen-bond donors (Lipinski definition) is 2. The summed E-state index contributed by atoms with van der Waals surface area (Å²) >= 11 is 0. The Kier molecular flexibility index (Phi) is 7.14. The zero-order chi connectivity index (χ0) is 15.8. The Bertz CT molecular complexity index is 463. The van der Waals surface area contributed by atoms with Crippen LogP contribution in [-0.2, 0) is 9.47 Å². The predicted molar refractivity (Wildman–Crippen MR) is 78.9 cm³/mol. The Morgan fingerprint density at radius 2 is 1.95 bits per heavy atom.